The van der Waals surface area contributed by atoms with E-state index in [2.05, 4.69) is 15.3 Å². The number of pyridine rings is 1. The topological polar surface area (TPSA) is 84.1 Å². The molecule has 1 aliphatic rings. The second-order valence-electron chi connectivity index (χ2n) is 4.86. The van der Waals surface area contributed by atoms with E-state index in [1.165, 1.54) is 11.3 Å². The fraction of sp³-hybridized carbons (Fsp3) is 0.357. The van der Waals surface area contributed by atoms with E-state index in [4.69, 9.17) is 5.73 Å². The average Bonchev–Trinajstić information content (AvgIpc) is 3.17. The Morgan fingerprint density at radius 2 is 2.26 bits per heavy atom. The molecule has 2 aromatic heterocycles. The lowest BCUT2D eigenvalue weighted by atomic mass is 10.1. The van der Waals surface area contributed by atoms with Gasteiger partial charge in [-0.1, -0.05) is 6.07 Å². The molecule has 3 rings (SSSR count). The minimum Gasteiger partial charge on any atom is -0.333 e. The number of nitrogens with one attached hydrogen (secondary N) is 1. The minimum absolute atomic E-state index is 0. The molecular weight excluding hydrogens is 357 g/mol. The number of hydrogen-bond donors (Lipinski definition) is 2. The summed E-state index contributed by atoms with van der Waals surface area (Å²) in [7, 11) is 0. The second-order valence-corrected chi connectivity index (χ2v) is 5.75. The molecule has 0 saturated carbocycles. The molecule has 2 aromatic rings. The molecular formula is C14H19Cl2N5OS. The average molecular weight is 376 g/mol. The number of nitrogens with zero attached hydrogens (tertiary/aromatic N) is 3. The Hall–Kier alpha value is -1.41. The summed E-state index contributed by atoms with van der Waals surface area (Å²) in [4.78, 5) is 22.5. The van der Waals surface area contributed by atoms with Gasteiger partial charge in [0.15, 0.2) is 5.13 Å². The van der Waals surface area contributed by atoms with Crippen molar-refractivity contribution in [3.8, 4) is 0 Å². The van der Waals surface area contributed by atoms with Crippen LogP contribution in [0.5, 0.6) is 0 Å². The van der Waals surface area contributed by atoms with Crippen molar-refractivity contribution >= 4 is 53.0 Å². The Bertz CT molecular complexity index is 625. The number of amides is 1. The van der Waals surface area contributed by atoms with E-state index in [-0.39, 0.29) is 43.3 Å². The zero-order valence-corrected chi connectivity index (χ0v) is 14.8. The molecule has 3 heterocycles. The molecule has 6 nitrogen and oxygen atoms in total. The first-order valence-electron chi connectivity index (χ1n) is 6.91. The zero-order chi connectivity index (χ0) is 14.7. The van der Waals surface area contributed by atoms with Crippen LogP contribution < -0.4 is 11.1 Å². The van der Waals surface area contributed by atoms with Crippen LogP contribution in [0.1, 0.15) is 24.6 Å². The van der Waals surface area contributed by atoms with E-state index >= 15 is 0 Å². The third kappa shape index (κ3) is 4.54. The number of likely N-dealkylation sites (tertiary alicyclic amines) is 1. The first-order valence-corrected chi connectivity index (χ1v) is 7.79. The molecule has 1 amide bonds. The molecule has 1 atom stereocenters. The minimum atomic E-state index is -0.0161. The molecule has 0 spiro atoms. The van der Waals surface area contributed by atoms with Crippen LogP contribution in [-0.4, -0.2) is 33.9 Å². The van der Waals surface area contributed by atoms with Crippen molar-refractivity contribution in [2.24, 2.45) is 5.73 Å². The summed E-state index contributed by atoms with van der Waals surface area (Å²) in [6, 6.07) is 5.83. The van der Waals surface area contributed by atoms with Crippen molar-refractivity contribution in [3.63, 3.8) is 0 Å². The smallest absolute Gasteiger partial charge is 0.236 e. The molecule has 0 aromatic carbocycles. The largest absolute Gasteiger partial charge is 0.333 e. The van der Waals surface area contributed by atoms with Gasteiger partial charge in [-0.2, -0.15) is 0 Å². The highest BCUT2D eigenvalue weighted by atomic mass is 35.5. The van der Waals surface area contributed by atoms with Crippen LogP contribution in [0.4, 0.5) is 10.9 Å². The van der Waals surface area contributed by atoms with Crippen molar-refractivity contribution in [2.75, 3.05) is 18.4 Å². The molecule has 126 valence electrons. The number of anilines is 2. The van der Waals surface area contributed by atoms with Crippen molar-refractivity contribution < 1.29 is 4.79 Å². The van der Waals surface area contributed by atoms with Gasteiger partial charge < -0.3 is 16.0 Å². The Labute approximate surface area is 151 Å². The molecule has 9 heteroatoms. The van der Waals surface area contributed by atoms with Gasteiger partial charge in [-0.3, -0.25) is 4.79 Å². The van der Waals surface area contributed by atoms with Gasteiger partial charge in [0.2, 0.25) is 5.91 Å². The van der Waals surface area contributed by atoms with Gasteiger partial charge >= 0.3 is 0 Å². The Morgan fingerprint density at radius 1 is 1.43 bits per heavy atom. The lowest BCUT2D eigenvalue weighted by Crippen LogP contribution is -2.35. The lowest BCUT2D eigenvalue weighted by Gasteiger charge is -2.24. The number of thiazole rings is 1. The standard InChI is InChI=1S/C14H17N5OS.2ClH/c15-9-13(20)19-7-2-4-11(19)10-3-1-5-12(17-10)18-14-16-6-8-21-14;;/h1,3,5-6,8,11H,2,4,7,9,15H2,(H,16,17,18);2*1H. The Kier molecular flexibility index (Phi) is 7.70. The van der Waals surface area contributed by atoms with E-state index in [1.54, 1.807) is 6.20 Å². The first kappa shape index (κ1) is 19.6. The highest BCUT2D eigenvalue weighted by Gasteiger charge is 2.30. The summed E-state index contributed by atoms with van der Waals surface area (Å²) in [5, 5.41) is 5.89. The second kappa shape index (κ2) is 9.02. The fourth-order valence-electron chi connectivity index (χ4n) is 2.59. The van der Waals surface area contributed by atoms with Crippen molar-refractivity contribution in [1.29, 1.82) is 0 Å². The molecule has 3 N–H and O–H groups in total. The van der Waals surface area contributed by atoms with Crippen LogP contribution in [0.2, 0.25) is 0 Å². The van der Waals surface area contributed by atoms with Crippen molar-refractivity contribution in [2.45, 2.75) is 18.9 Å². The van der Waals surface area contributed by atoms with E-state index in [9.17, 15) is 4.79 Å². The van der Waals surface area contributed by atoms with Crippen LogP contribution >= 0.6 is 36.2 Å². The van der Waals surface area contributed by atoms with Crippen molar-refractivity contribution in [1.82, 2.24) is 14.9 Å². The highest BCUT2D eigenvalue weighted by Crippen LogP contribution is 2.31. The normalized spacial score (nSPS) is 16.4. The molecule has 1 unspecified atom stereocenters. The Morgan fingerprint density at radius 3 is 2.96 bits per heavy atom. The van der Waals surface area contributed by atoms with Gasteiger partial charge in [0, 0.05) is 18.1 Å². The van der Waals surface area contributed by atoms with Gasteiger partial charge in [-0.15, -0.1) is 36.2 Å². The van der Waals surface area contributed by atoms with E-state index in [0.29, 0.717) is 0 Å². The number of hydrogen-bond acceptors (Lipinski definition) is 6. The number of carbonyl (C=O) groups excluding carboxylic acids is 1. The number of nitrogens with two attached hydrogens (primary N) is 1. The Balaban J connectivity index is 0.00000132. The number of aromatic nitrogens is 2. The summed E-state index contributed by atoms with van der Waals surface area (Å²) < 4.78 is 0. The molecule has 23 heavy (non-hydrogen) atoms. The van der Waals surface area contributed by atoms with E-state index < -0.39 is 0 Å². The van der Waals surface area contributed by atoms with Gasteiger partial charge in [0.25, 0.3) is 0 Å². The van der Waals surface area contributed by atoms with Gasteiger partial charge in [-0.05, 0) is 25.0 Å². The molecule has 0 bridgehead atoms. The van der Waals surface area contributed by atoms with Crippen molar-refractivity contribution in [3.05, 3.63) is 35.5 Å². The third-order valence-corrected chi connectivity index (χ3v) is 4.22. The summed E-state index contributed by atoms with van der Waals surface area (Å²) in [5.41, 5.74) is 6.38. The maximum Gasteiger partial charge on any atom is 0.236 e. The first-order chi connectivity index (χ1) is 10.3. The summed E-state index contributed by atoms with van der Waals surface area (Å²) in [6.45, 7) is 0.806. The van der Waals surface area contributed by atoms with E-state index in [0.717, 1.165) is 36.0 Å². The number of carbonyl (C=O) groups is 1. The fourth-order valence-corrected chi connectivity index (χ4v) is 3.13. The maximum atomic E-state index is 11.9. The molecule has 0 aliphatic carbocycles. The van der Waals surface area contributed by atoms with Crippen LogP contribution in [0, 0.1) is 0 Å². The highest BCUT2D eigenvalue weighted by molar-refractivity contribution is 7.13. The summed E-state index contributed by atoms with van der Waals surface area (Å²) in [6.07, 6.45) is 3.66. The van der Waals surface area contributed by atoms with Gasteiger partial charge in [-0.25, -0.2) is 9.97 Å². The van der Waals surface area contributed by atoms with Crippen LogP contribution in [0.3, 0.4) is 0 Å². The van der Waals surface area contributed by atoms with Crippen LogP contribution in [-0.2, 0) is 4.79 Å². The molecule has 1 saturated heterocycles. The predicted molar refractivity (Wildman–Crippen MR) is 96.9 cm³/mol. The number of rotatable bonds is 4. The van der Waals surface area contributed by atoms with Crippen LogP contribution in [0.15, 0.2) is 29.8 Å². The van der Waals surface area contributed by atoms with Gasteiger partial charge in [0.05, 0.1) is 18.3 Å². The maximum absolute atomic E-state index is 11.9. The summed E-state index contributed by atoms with van der Waals surface area (Å²) >= 11 is 1.52. The van der Waals surface area contributed by atoms with Gasteiger partial charge in [0.1, 0.15) is 5.82 Å². The third-order valence-electron chi connectivity index (χ3n) is 3.53. The molecule has 0 radical (unpaired) electrons. The molecule has 1 aliphatic heterocycles. The molecule has 1 fully saturated rings. The van der Waals surface area contributed by atoms with E-state index in [1.807, 2.05) is 28.5 Å². The monoisotopic (exact) mass is 375 g/mol. The summed E-state index contributed by atoms with van der Waals surface area (Å²) in [5.74, 6) is 0.729. The number of halogens is 2. The quantitative estimate of drug-likeness (QED) is 0.857. The van der Waals surface area contributed by atoms with Crippen LogP contribution in [0.25, 0.3) is 0 Å². The SMILES string of the molecule is Cl.Cl.NCC(=O)N1CCCC1c1cccc(Nc2nccs2)n1. The predicted octanol–water partition coefficient (Wildman–Crippen LogP) is 2.75. The zero-order valence-electron chi connectivity index (χ0n) is 12.3. The lowest BCUT2D eigenvalue weighted by molar-refractivity contribution is -0.130.